The number of amides is 2. The molecule has 1 saturated heterocycles. The lowest BCUT2D eigenvalue weighted by molar-refractivity contribution is 0.143. The van der Waals surface area contributed by atoms with Crippen LogP contribution in [-0.4, -0.2) is 42.0 Å². The van der Waals surface area contributed by atoms with Crippen molar-refractivity contribution < 1.29 is 9.18 Å². The Morgan fingerprint density at radius 3 is 2.46 bits per heavy atom. The number of nitrogens with zero attached hydrogens (tertiary/aromatic N) is 2. The lowest BCUT2D eigenvalue weighted by Crippen LogP contribution is -2.49. The summed E-state index contributed by atoms with van der Waals surface area (Å²) in [6.07, 6.45) is 0. The molecule has 0 radical (unpaired) electrons. The molecule has 0 aliphatic carbocycles. The smallest absolute Gasteiger partial charge is 0.321 e. The Morgan fingerprint density at radius 1 is 1.08 bits per heavy atom. The standard InChI is InChI=1S/C19H20Cl2FN3O/c1-13-2-4-15(11-18(13)22)23-19(26)25-8-6-24(7-9-25)12-14-3-5-16(20)17(21)10-14/h2-5,10-11H,6-9,12H2,1H3,(H,23,26). The fourth-order valence-electron chi connectivity index (χ4n) is 2.88. The molecule has 138 valence electrons. The number of carbonyl (C=O) groups is 1. The summed E-state index contributed by atoms with van der Waals surface area (Å²) in [5.74, 6) is -0.325. The molecule has 2 aromatic carbocycles. The molecule has 1 heterocycles. The number of nitrogens with one attached hydrogen (secondary N) is 1. The van der Waals surface area contributed by atoms with Crippen molar-refractivity contribution in [1.82, 2.24) is 9.80 Å². The van der Waals surface area contributed by atoms with Gasteiger partial charge in [-0.3, -0.25) is 4.90 Å². The molecule has 0 spiro atoms. The molecule has 0 saturated carbocycles. The Balaban J connectivity index is 1.51. The highest BCUT2D eigenvalue weighted by Crippen LogP contribution is 2.23. The molecule has 4 nitrogen and oxygen atoms in total. The number of rotatable bonds is 3. The van der Waals surface area contributed by atoms with E-state index in [1.165, 1.54) is 6.07 Å². The summed E-state index contributed by atoms with van der Waals surface area (Å²) in [6, 6.07) is 10.1. The highest BCUT2D eigenvalue weighted by Gasteiger charge is 2.21. The second-order valence-electron chi connectivity index (χ2n) is 6.41. The Hall–Kier alpha value is -1.82. The number of hydrogen-bond acceptors (Lipinski definition) is 2. The molecule has 0 atom stereocenters. The van der Waals surface area contributed by atoms with Gasteiger partial charge in [-0.1, -0.05) is 35.3 Å². The molecule has 2 amide bonds. The quantitative estimate of drug-likeness (QED) is 0.810. The van der Waals surface area contributed by atoms with Crippen LogP contribution in [0, 0.1) is 12.7 Å². The zero-order chi connectivity index (χ0) is 18.7. The molecule has 0 aromatic heterocycles. The van der Waals surface area contributed by atoms with Crippen LogP contribution in [0.4, 0.5) is 14.9 Å². The van der Waals surface area contributed by atoms with E-state index >= 15 is 0 Å². The summed E-state index contributed by atoms with van der Waals surface area (Å²) in [5, 5.41) is 3.85. The van der Waals surface area contributed by atoms with E-state index in [1.54, 1.807) is 30.0 Å². The molecule has 2 aromatic rings. The van der Waals surface area contributed by atoms with Crippen molar-refractivity contribution in [2.45, 2.75) is 13.5 Å². The van der Waals surface area contributed by atoms with Crippen molar-refractivity contribution in [2.75, 3.05) is 31.5 Å². The van der Waals surface area contributed by atoms with E-state index in [4.69, 9.17) is 23.2 Å². The molecule has 1 N–H and O–H groups in total. The van der Waals surface area contributed by atoms with E-state index < -0.39 is 0 Å². The zero-order valence-electron chi connectivity index (χ0n) is 14.4. The van der Waals surface area contributed by atoms with Crippen LogP contribution in [0.3, 0.4) is 0 Å². The van der Waals surface area contributed by atoms with Gasteiger partial charge in [0.05, 0.1) is 10.0 Å². The van der Waals surface area contributed by atoms with E-state index in [9.17, 15) is 9.18 Å². The first-order chi connectivity index (χ1) is 12.4. The van der Waals surface area contributed by atoms with E-state index in [2.05, 4.69) is 10.2 Å². The molecule has 1 aliphatic heterocycles. The molecule has 0 bridgehead atoms. The van der Waals surface area contributed by atoms with Crippen molar-refractivity contribution in [3.05, 3.63) is 63.4 Å². The van der Waals surface area contributed by atoms with Crippen LogP contribution in [0.2, 0.25) is 10.0 Å². The summed E-state index contributed by atoms with van der Waals surface area (Å²) in [4.78, 5) is 16.4. The van der Waals surface area contributed by atoms with E-state index in [-0.39, 0.29) is 11.8 Å². The monoisotopic (exact) mass is 395 g/mol. The Morgan fingerprint density at radius 2 is 1.81 bits per heavy atom. The van der Waals surface area contributed by atoms with Gasteiger partial charge in [-0.15, -0.1) is 0 Å². The lowest BCUT2D eigenvalue weighted by Gasteiger charge is -2.34. The Labute approximate surface area is 162 Å². The Kier molecular flexibility index (Phi) is 6.01. The number of piperazine rings is 1. The average molecular weight is 396 g/mol. The van der Waals surface area contributed by atoms with Crippen LogP contribution >= 0.6 is 23.2 Å². The maximum absolute atomic E-state index is 13.6. The minimum atomic E-state index is -0.325. The fourth-order valence-corrected chi connectivity index (χ4v) is 3.20. The maximum atomic E-state index is 13.6. The summed E-state index contributed by atoms with van der Waals surface area (Å²) in [7, 11) is 0. The van der Waals surface area contributed by atoms with Crippen LogP contribution in [0.5, 0.6) is 0 Å². The second-order valence-corrected chi connectivity index (χ2v) is 7.22. The minimum absolute atomic E-state index is 0.206. The SMILES string of the molecule is Cc1ccc(NC(=O)N2CCN(Cc3ccc(Cl)c(Cl)c3)CC2)cc1F. The zero-order valence-corrected chi connectivity index (χ0v) is 15.9. The van der Waals surface area contributed by atoms with Crippen molar-refractivity contribution in [3.63, 3.8) is 0 Å². The molecule has 0 unspecified atom stereocenters. The normalized spacial score (nSPS) is 15.2. The molecule has 3 rings (SSSR count). The summed E-state index contributed by atoms with van der Waals surface area (Å²) < 4.78 is 13.6. The molecular weight excluding hydrogens is 376 g/mol. The fraction of sp³-hybridized carbons (Fsp3) is 0.316. The number of anilines is 1. The average Bonchev–Trinajstić information content (AvgIpc) is 2.62. The lowest BCUT2D eigenvalue weighted by atomic mass is 10.2. The number of hydrogen-bond donors (Lipinski definition) is 1. The molecule has 26 heavy (non-hydrogen) atoms. The summed E-state index contributed by atoms with van der Waals surface area (Å²) >= 11 is 12.0. The van der Waals surface area contributed by atoms with Gasteiger partial charge < -0.3 is 10.2 Å². The summed E-state index contributed by atoms with van der Waals surface area (Å²) in [6.45, 7) is 5.19. The third kappa shape index (κ3) is 4.67. The third-order valence-electron chi connectivity index (χ3n) is 4.47. The van der Waals surface area contributed by atoms with E-state index in [1.807, 2.05) is 12.1 Å². The van der Waals surface area contributed by atoms with Crippen molar-refractivity contribution in [1.29, 1.82) is 0 Å². The van der Waals surface area contributed by atoms with Crippen LogP contribution in [0.15, 0.2) is 36.4 Å². The number of urea groups is 1. The van der Waals surface area contributed by atoms with Crippen LogP contribution in [0.25, 0.3) is 0 Å². The molecule has 7 heteroatoms. The van der Waals surface area contributed by atoms with Crippen LogP contribution in [-0.2, 0) is 6.54 Å². The van der Waals surface area contributed by atoms with Crippen molar-refractivity contribution in [2.24, 2.45) is 0 Å². The van der Waals surface area contributed by atoms with E-state index in [0.29, 0.717) is 34.4 Å². The largest absolute Gasteiger partial charge is 0.322 e. The highest BCUT2D eigenvalue weighted by molar-refractivity contribution is 6.42. The minimum Gasteiger partial charge on any atom is -0.322 e. The van der Waals surface area contributed by atoms with Gasteiger partial charge in [-0.05, 0) is 42.3 Å². The maximum Gasteiger partial charge on any atom is 0.321 e. The topological polar surface area (TPSA) is 35.6 Å². The highest BCUT2D eigenvalue weighted by atomic mass is 35.5. The van der Waals surface area contributed by atoms with Crippen molar-refractivity contribution >= 4 is 34.9 Å². The van der Waals surface area contributed by atoms with E-state index in [0.717, 1.165) is 25.2 Å². The molecular formula is C19H20Cl2FN3O. The number of benzene rings is 2. The van der Waals surface area contributed by atoms with Gasteiger partial charge >= 0.3 is 6.03 Å². The number of aryl methyl sites for hydroxylation is 1. The first-order valence-electron chi connectivity index (χ1n) is 8.41. The van der Waals surface area contributed by atoms with Gasteiger partial charge in [0.15, 0.2) is 0 Å². The first-order valence-corrected chi connectivity index (χ1v) is 9.16. The van der Waals surface area contributed by atoms with Gasteiger partial charge in [0.1, 0.15) is 5.82 Å². The first kappa shape index (κ1) is 19.0. The number of halogens is 3. The van der Waals surface area contributed by atoms with Gasteiger partial charge in [0, 0.05) is 38.4 Å². The predicted octanol–water partition coefficient (Wildman–Crippen LogP) is 4.79. The molecule has 1 fully saturated rings. The van der Waals surface area contributed by atoms with Crippen LogP contribution in [0.1, 0.15) is 11.1 Å². The number of carbonyl (C=O) groups excluding carboxylic acids is 1. The van der Waals surface area contributed by atoms with Gasteiger partial charge in [-0.2, -0.15) is 0 Å². The van der Waals surface area contributed by atoms with Crippen molar-refractivity contribution in [3.8, 4) is 0 Å². The predicted molar refractivity (Wildman–Crippen MR) is 103 cm³/mol. The third-order valence-corrected chi connectivity index (χ3v) is 5.21. The van der Waals surface area contributed by atoms with Gasteiger partial charge in [0.2, 0.25) is 0 Å². The van der Waals surface area contributed by atoms with Gasteiger partial charge in [0.25, 0.3) is 0 Å². The Bertz CT molecular complexity index is 807. The van der Waals surface area contributed by atoms with Gasteiger partial charge in [-0.25, -0.2) is 9.18 Å². The van der Waals surface area contributed by atoms with Crippen LogP contribution < -0.4 is 5.32 Å². The molecule has 1 aliphatic rings. The second kappa shape index (κ2) is 8.25. The summed E-state index contributed by atoms with van der Waals surface area (Å²) in [5.41, 5.74) is 2.11.